The number of hydrogen-bond acceptors (Lipinski definition) is 5. The highest BCUT2D eigenvalue weighted by Crippen LogP contribution is 2.30. The summed E-state index contributed by atoms with van der Waals surface area (Å²) in [5.74, 6) is -4.42. The van der Waals surface area contributed by atoms with Crippen LogP contribution in [-0.2, 0) is 10.0 Å². The fourth-order valence-electron chi connectivity index (χ4n) is 2.22. The summed E-state index contributed by atoms with van der Waals surface area (Å²) in [6.45, 7) is 0. The van der Waals surface area contributed by atoms with E-state index in [4.69, 9.17) is 0 Å². The number of fused-ring (bicyclic) bond motifs is 1. The molecule has 2 N–H and O–H groups in total. The molecule has 0 aliphatic carbocycles. The number of alkyl halides is 3. The number of aromatic amines is 1. The maximum atomic E-state index is 14.5. The van der Waals surface area contributed by atoms with Crippen molar-refractivity contribution in [2.45, 2.75) is 5.51 Å². The molecule has 0 fully saturated rings. The lowest BCUT2D eigenvalue weighted by atomic mass is 10.0. The number of benzene rings is 1. The molecule has 0 saturated carbocycles. The zero-order chi connectivity index (χ0) is 20.0. The van der Waals surface area contributed by atoms with E-state index in [0.717, 1.165) is 17.2 Å². The molecule has 3 aromatic rings. The zero-order valence-electron chi connectivity index (χ0n) is 12.8. The van der Waals surface area contributed by atoms with E-state index in [1.807, 2.05) is 0 Å². The standard InChI is InChI=1S/C14H7F5N4O3S/c15-8-1-2-9(23-27(25,26)14(17,18)19)11(16)10(8)12(24)6-4-21-13-7(6)3-20-5-22-13/h1-5,23H,(H,20,21,22). The molecule has 13 heteroatoms. The van der Waals surface area contributed by atoms with Crippen molar-refractivity contribution in [3.05, 3.63) is 53.6 Å². The lowest BCUT2D eigenvalue weighted by Crippen LogP contribution is -2.30. The van der Waals surface area contributed by atoms with Crippen molar-refractivity contribution in [2.24, 2.45) is 0 Å². The fraction of sp³-hybridized carbons (Fsp3) is 0.0714. The van der Waals surface area contributed by atoms with E-state index >= 15 is 0 Å². The number of ketones is 1. The van der Waals surface area contributed by atoms with Crippen LogP contribution >= 0.6 is 0 Å². The van der Waals surface area contributed by atoms with E-state index < -0.39 is 44.2 Å². The van der Waals surface area contributed by atoms with Crippen molar-refractivity contribution >= 4 is 32.5 Å². The second-order valence-corrected chi connectivity index (χ2v) is 6.83. The van der Waals surface area contributed by atoms with Gasteiger partial charge in [-0.25, -0.2) is 18.7 Å². The molecule has 0 saturated heterocycles. The van der Waals surface area contributed by atoms with Gasteiger partial charge in [-0.05, 0) is 12.1 Å². The second kappa shape index (κ2) is 6.26. The number of H-pyrrole nitrogens is 1. The van der Waals surface area contributed by atoms with Crippen molar-refractivity contribution in [2.75, 3.05) is 4.72 Å². The van der Waals surface area contributed by atoms with E-state index in [9.17, 15) is 35.2 Å². The summed E-state index contributed by atoms with van der Waals surface area (Å²) in [5, 5.41) is 0.113. The van der Waals surface area contributed by atoms with Crippen LogP contribution in [0.5, 0.6) is 0 Å². The third-order valence-electron chi connectivity index (χ3n) is 3.47. The first kappa shape index (κ1) is 18.7. The highest BCUT2D eigenvalue weighted by Gasteiger charge is 2.46. The Labute approximate surface area is 147 Å². The molecule has 0 unspecified atom stereocenters. The highest BCUT2D eigenvalue weighted by molar-refractivity contribution is 7.93. The number of sulfonamides is 1. The summed E-state index contributed by atoms with van der Waals surface area (Å²) in [7, 11) is -5.97. The Morgan fingerprint density at radius 3 is 2.56 bits per heavy atom. The molecular formula is C14H7F5N4O3S. The summed E-state index contributed by atoms with van der Waals surface area (Å²) in [6.07, 6.45) is 3.44. The molecule has 0 aliphatic rings. The van der Waals surface area contributed by atoms with Gasteiger partial charge in [-0.3, -0.25) is 9.52 Å². The molecule has 3 rings (SSSR count). The van der Waals surface area contributed by atoms with Gasteiger partial charge in [0.25, 0.3) is 0 Å². The topological polar surface area (TPSA) is 105 Å². The molecule has 2 aromatic heterocycles. The summed E-state index contributed by atoms with van der Waals surface area (Å²) in [5.41, 5.74) is -8.26. The van der Waals surface area contributed by atoms with Crippen LogP contribution in [0.3, 0.4) is 0 Å². The number of carbonyl (C=O) groups is 1. The van der Waals surface area contributed by atoms with Gasteiger partial charge in [-0.1, -0.05) is 0 Å². The van der Waals surface area contributed by atoms with Gasteiger partial charge in [0.2, 0.25) is 5.78 Å². The quantitative estimate of drug-likeness (QED) is 0.512. The second-order valence-electron chi connectivity index (χ2n) is 5.15. The number of halogens is 5. The van der Waals surface area contributed by atoms with Crippen LogP contribution in [0, 0.1) is 11.6 Å². The van der Waals surface area contributed by atoms with Crippen LogP contribution < -0.4 is 4.72 Å². The normalized spacial score (nSPS) is 12.3. The molecule has 7 nitrogen and oxygen atoms in total. The SMILES string of the molecule is O=C(c1c(F)ccc(NS(=O)(=O)C(F)(F)F)c1F)c1c[nH]c2ncncc12. The van der Waals surface area contributed by atoms with E-state index in [-0.39, 0.29) is 16.6 Å². The van der Waals surface area contributed by atoms with Gasteiger partial charge in [0.05, 0.1) is 16.8 Å². The Morgan fingerprint density at radius 2 is 1.89 bits per heavy atom. The first-order chi connectivity index (χ1) is 12.5. The number of aromatic nitrogens is 3. The fourth-order valence-corrected chi connectivity index (χ4v) is 2.79. The van der Waals surface area contributed by atoms with Crippen molar-refractivity contribution in [1.82, 2.24) is 15.0 Å². The number of anilines is 1. The van der Waals surface area contributed by atoms with Crippen LogP contribution in [-0.4, -0.2) is 34.7 Å². The number of rotatable bonds is 4. The Hall–Kier alpha value is -3.09. The molecule has 0 bridgehead atoms. The van der Waals surface area contributed by atoms with Crippen LogP contribution in [0.25, 0.3) is 11.0 Å². The predicted molar refractivity (Wildman–Crippen MR) is 82.3 cm³/mol. The van der Waals surface area contributed by atoms with Crippen LogP contribution in [0.15, 0.2) is 30.9 Å². The average molecular weight is 406 g/mol. The molecule has 1 aromatic carbocycles. The van der Waals surface area contributed by atoms with E-state index in [1.165, 1.54) is 6.20 Å². The first-order valence-corrected chi connectivity index (χ1v) is 8.40. The highest BCUT2D eigenvalue weighted by atomic mass is 32.2. The van der Waals surface area contributed by atoms with Gasteiger partial charge in [-0.2, -0.15) is 21.6 Å². The third kappa shape index (κ3) is 3.20. The molecule has 0 radical (unpaired) electrons. The zero-order valence-corrected chi connectivity index (χ0v) is 13.6. The summed E-state index contributed by atoms with van der Waals surface area (Å²) >= 11 is 0. The van der Waals surface area contributed by atoms with Gasteiger partial charge in [0, 0.05) is 17.8 Å². The maximum Gasteiger partial charge on any atom is 0.516 e. The van der Waals surface area contributed by atoms with Gasteiger partial charge < -0.3 is 4.98 Å². The van der Waals surface area contributed by atoms with Gasteiger partial charge >= 0.3 is 15.5 Å². The summed E-state index contributed by atoms with van der Waals surface area (Å²) < 4.78 is 89.1. The van der Waals surface area contributed by atoms with Crippen molar-refractivity contribution in [1.29, 1.82) is 0 Å². The van der Waals surface area contributed by atoms with Crippen molar-refractivity contribution in [3.8, 4) is 0 Å². The Balaban J connectivity index is 2.10. The van der Waals surface area contributed by atoms with Gasteiger partial charge in [0.1, 0.15) is 17.8 Å². The van der Waals surface area contributed by atoms with Gasteiger partial charge in [0.15, 0.2) is 5.82 Å². The molecule has 0 spiro atoms. The number of carbonyl (C=O) groups excluding carboxylic acids is 1. The molecular weight excluding hydrogens is 399 g/mol. The van der Waals surface area contributed by atoms with E-state index in [0.29, 0.717) is 12.1 Å². The monoisotopic (exact) mass is 406 g/mol. The minimum atomic E-state index is -5.97. The van der Waals surface area contributed by atoms with E-state index in [1.54, 1.807) is 0 Å². The Kier molecular flexibility index (Phi) is 4.34. The smallest absolute Gasteiger partial charge is 0.345 e. The number of nitrogens with zero attached hydrogens (tertiary/aromatic N) is 2. The number of hydrogen-bond donors (Lipinski definition) is 2. The third-order valence-corrected chi connectivity index (χ3v) is 4.57. The largest absolute Gasteiger partial charge is 0.516 e. The van der Waals surface area contributed by atoms with Gasteiger partial charge in [-0.15, -0.1) is 0 Å². The molecule has 0 aliphatic heterocycles. The van der Waals surface area contributed by atoms with E-state index in [2.05, 4.69) is 15.0 Å². The first-order valence-electron chi connectivity index (χ1n) is 6.92. The van der Waals surface area contributed by atoms with Crippen LogP contribution in [0.1, 0.15) is 15.9 Å². The number of nitrogens with one attached hydrogen (secondary N) is 2. The van der Waals surface area contributed by atoms with Crippen molar-refractivity contribution in [3.63, 3.8) is 0 Å². The summed E-state index contributed by atoms with van der Waals surface area (Å²) in [4.78, 5) is 22.6. The molecule has 142 valence electrons. The Bertz CT molecular complexity index is 1160. The average Bonchev–Trinajstić information content (AvgIpc) is 3.00. The van der Waals surface area contributed by atoms with Crippen molar-refractivity contribution < 1.29 is 35.2 Å². The Morgan fingerprint density at radius 1 is 1.19 bits per heavy atom. The molecule has 0 amide bonds. The lowest BCUT2D eigenvalue weighted by Gasteiger charge is -2.13. The maximum absolute atomic E-state index is 14.5. The molecule has 0 atom stereocenters. The minimum Gasteiger partial charge on any atom is -0.345 e. The molecule has 2 heterocycles. The lowest BCUT2D eigenvalue weighted by molar-refractivity contribution is -0.0429. The minimum absolute atomic E-state index is 0.113. The van der Waals surface area contributed by atoms with Crippen LogP contribution in [0.2, 0.25) is 0 Å². The molecule has 27 heavy (non-hydrogen) atoms. The summed E-state index contributed by atoms with van der Waals surface area (Å²) in [6, 6.07) is 0.902. The predicted octanol–water partition coefficient (Wildman–Crippen LogP) is 2.73. The van der Waals surface area contributed by atoms with Crippen LogP contribution in [0.4, 0.5) is 27.6 Å².